The van der Waals surface area contributed by atoms with Gasteiger partial charge >= 0.3 is 6.03 Å². The predicted molar refractivity (Wildman–Crippen MR) is 115 cm³/mol. The summed E-state index contributed by atoms with van der Waals surface area (Å²) >= 11 is 0. The second kappa shape index (κ2) is 9.43. The highest BCUT2D eigenvalue weighted by molar-refractivity contribution is 6.07. The van der Waals surface area contributed by atoms with E-state index >= 15 is 0 Å². The number of carbonyl (C=O) groups excluding carboxylic acids is 2. The molecular weight excluding hydrogens is 382 g/mol. The van der Waals surface area contributed by atoms with Crippen LogP contribution in [0.1, 0.15) is 44.7 Å². The van der Waals surface area contributed by atoms with Crippen LogP contribution in [0, 0.1) is 0 Å². The number of imide groups is 1. The number of nitrogens with one attached hydrogen (secondary N) is 1. The van der Waals surface area contributed by atoms with Gasteiger partial charge in [0.25, 0.3) is 5.91 Å². The number of urea groups is 1. The maximum atomic E-state index is 12.9. The third-order valence-electron chi connectivity index (χ3n) is 4.87. The Balaban J connectivity index is 1.78. The Labute approximate surface area is 176 Å². The zero-order valence-corrected chi connectivity index (χ0v) is 17.6. The Bertz CT molecular complexity index is 929. The van der Waals surface area contributed by atoms with Gasteiger partial charge in [-0.2, -0.15) is 5.10 Å². The molecule has 1 N–H and O–H groups in total. The molecule has 0 aliphatic carbocycles. The van der Waals surface area contributed by atoms with Gasteiger partial charge in [-0.3, -0.25) is 4.79 Å². The number of carbonyl (C=O) groups is 2. The maximum absolute atomic E-state index is 12.9. The lowest BCUT2D eigenvalue weighted by molar-refractivity contribution is -0.131. The van der Waals surface area contributed by atoms with E-state index in [1.807, 2.05) is 37.3 Å². The molecule has 0 aromatic heterocycles. The molecule has 3 amide bonds. The zero-order valence-electron chi connectivity index (χ0n) is 17.6. The van der Waals surface area contributed by atoms with Crippen LogP contribution < -0.4 is 14.8 Å². The molecule has 1 fully saturated rings. The van der Waals surface area contributed by atoms with Crippen molar-refractivity contribution in [3.8, 4) is 11.5 Å². The molecule has 0 bridgehead atoms. The number of unbranched alkanes of at least 4 members (excludes halogenated alkanes) is 1. The highest BCUT2D eigenvalue weighted by Crippen LogP contribution is 2.30. The van der Waals surface area contributed by atoms with Crippen molar-refractivity contribution < 1.29 is 19.1 Å². The first kappa shape index (κ1) is 21.4. The first-order chi connectivity index (χ1) is 14.5. The molecule has 0 spiro atoms. The average Bonchev–Trinajstić information content (AvgIpc) is 2.98. The summed E-state index contributed by atoms with van der Waals surface area (Å²) in [7, 11) is 0. The summed E-state index contributed by atoms with van der Waals surface area (Å²) in [4.78, 5) is 25.3. The summed E-state index contributed by atoms with van der Waals surface area (Å²) in [6, 6.07) is 13.9. The van der Waals surface area contributed by atoms with Crippen LogP contribution in [0.4, 0.5) is 4.79 Å². The highest BCUT2D eigenvalue weighted by Gasteiger charge is 2.49. The first-order valence-corrected chi connectivity index (χ1v) is 10.2. The van der Waals surface area contributed by atoms with Gasteiger partial charge < -0.3 is 14.8 Å². The fourth-order valence-corrected chi connectivity index (χ4v) is 3.14. The van der Waals surface area contributed by atoms with Crippen LogP contribution >= 0.6 is 0 Å². The van der Waals surface area contributed by atoms with Crippen LogP contribution in [-0.2, 0) is 10.3 Å². The maximum Gasteiger partial charge on any atom is 0.346 e. The quantitative estimate of drug-likeness (QED) is 0.385. The molecule has 3 rings (SSSR count). The average molecular weight is 409 g/mol. The second-order valence-electron chi connectivity index (χ2n) is 7.12. The van der Waals surface area contributed by atoms with Crippen molar-refractivity contribution >= 4 is 18.2 Å². The number of rotatable bonds is 9. The van der Waals surface area contributed by atoms with Crippen LogP contribution in [0.5, 0.6) is 11.5 Å². The van der Waals surface area contributed by atoms with Gasteiger partial charge in [0.15, 0.2) is 11.5 Å². The molecule has 1 atom stereocenters. The van der Waals surface area contributed by atoms with Crippen molar-refractivity contribution in [2.75, 3.05) is 13.2 Å². The van der Waals surface area contributed by atoms with Crippen molar-refractivity contribution in [3.63, 3.8) is 0 Å². The third-order valence-corrected chi connectivity index (χ3v) is 4.87. The van der Waals surface area contributed by atoms with E-state index < -0.39 is 17.5 Å². The van der Waals surface area contributed by atoms with Crippen LogP contribution in [-0.4, -0.2) is 36.4 Å². The standard InChI is InChI=1S/C23H27N3O4/c1-4-6-14-30-19-13-12-17(15-20(19)29-5-2)16-24-26-21(27)23(3,25-22(26)28)18-10-8-7-9-11-18/h7-13,15-16H,4-6,14H2,1-3H3,(H,25,28)/b24-16-/t23-/m0/s1. The number of ether oxygens (including phenoxy) is 2. The highest BCUT2D eigenvalue weighted by atomic mass is 16.5. The third kappa shape index (κ3) is 4.45. The van der Waals surface area contributed by atoms with E-state index in [9.17, 15) is 9.59 Å². The monoisotopic (exact) mass is 409 g/mol. The molecule has 1 heterocycles. The Morgan fingerprint density at radius 3 is 2.53 bits per heavy atom. The Morgan fingerprint density at radius 1 is 1.07 bits per heavy atom. The molecule has 1 aliphatic rings. The number of hydrazone groups is 1. The van der Waals surface area contributed by atoms with Gasteiger partial charge in [-0.1, -0.05) is 43.7 Å². The lowest BCUT2D eigenvalue weighted by Gasteiger charge is -2.20. The minimum Gasteiger partial charge on any atom is -0.490 e. The van der Waals surface area contributed by atoms with Crippen LogP contribution in [0.15, 0.2) is 53.6 Å². The number of amides is 3. The molecule has 0 unspecified atom stereocenters. The smallest absolute Gasteiger partial charge is 0.346 e. The lowest BCUT2D eigenvalue weighted by Crippen LogP contribution is -2.40. The van der Waals surface area contributed by atoms with Crippen molar-refractivity contribution in [2.45, 2.75) is 39.2 Å². The van der Waals surface area contributed by atoms with E-state index in [1.54, 1.807) is 25.1 Å². The summed E-state index contributed by atoms with van der Waals surface area (Å²) in [6.07, 6.45) is 3.47. The molecule has 7 nitrogen and oxygen atoms in total. The molecule has 158 valence electrons. The predicted octanol–water partition coefficient (Wildman–Crippen LogP) is 4.07. The van der Waals surface area contributed by atoms with Crippen molar-refractivity contribution in [1.29, 1.82) is 0 Å². The van der Waals surface area contributed by atoms with Gasteiger partial charge in [-0.05, 0) is 49.6 Å². The fourth-order valence-electron chi connectivity index (χ4n) is 3.14. The van der Waals surface area contributed by atoms with Gasteiger partial charge in [0.1, 0.15) is 5.54 Å². The summed E-state index contributed by atoms with van der Waals surface area (Å²) in [5, 5.41) is 7.72. The molecular formula is C23H27N3O4. The van der Waals surface area contributed by atoms with Gasteiger partial charge in [-0.15, -0.1) is 5.01 Å². The van der Waals surface area contributed by atoms with E-state index in [1.165, 1.54) is 6.21 Å². The molecule has 2 aromatic rings. The normalized spacial score (nSPS) is 18.7. The van der Waals surface area contributed by atoms with Crippen LogP contribution in [0.2, 0.25) is 0 Å². The molecule has 2 aromatic carbocycles. The number of hydrogen-bond donors (Lipinski definition) is 1. The molecule has 1 saturated heterocycles. The number of hydrogen-bond acceptors (Lipinski definition) is 5. The van der Waals surface area contributed by atoms with Gasteiger partial charge in [0.05, 0.1) is 19.4 Å². The van der Waals surface area contributed by atoms with Gasteiger partial charge in [0.2, 0.25) is 0 Å². The second-order valence-corrected chi connectivity index (χ2v) is 7.12. The lowest BCUT2D eigenvalue weighted by atomic mass is 9.92. The minimum atomic E-state index is -1.15. The molecule has 7 heteroatoms. The van der Waals surface area contributed by atoms with E-state index in [0.717, 1.165) is 17.9 Å². The molecule has 0 radical (unpaired) electrons. The van der Waals surface area contributed by atoms with E-state index in [4.69, 9.17) is 9.47 Å². The van der Waals surface area contributed by atoms with Crippen molar-refractivity contribution in [1.82, 2.24) is 10.3 Å². The van der Waals surface area contributed by atoms with E-state index in [2.05, 4.69) is 17.3 Å². The topological polar surface area (TPSA) is 80.2 Å². The number of benzene rings is 2. The molecule has 0 saturated carbocycles. The van der Waals surface area contributed by atoms with Gasteiger partial charge in [0, 0.05) is 0 Å². The van der Waals surface area contributed by atoms with Crippen molar-refractivity contribution in [2.24, 2.45) is 5.10 Å². The van der Waals surface area contributed by atoms with Gasteiger partial charge in [-0.25, -0.2) is 4.79 Å². The fraction of sp³-hybridized carbons (Fsp3) is 0.348. The molecule has 30 heavy (non-hydrogen) atoms. The van der Waals surface area contributed by atoms with Crippen LogP contribution in [0.25, 0.3) is 0 Å². The summed E-state index contributed by atoms with van der Waals surface area (Å²) in [5.74, 6) is 0.831. The van der Waals surface area contributed by atoms with Crippen LogP contribution in [0.3, 0.4) is 0 Å². The minimum absolute atomic E-state index is 0.431. The Kier molecular flexibility index (Phi) is 6.72. The largest absolute Gasteiger partial charge is 0.490 e. The summed E-state index contributed by atoms with van der Waals surface area (Å²) in [5.41, 5.74) is 0.242. The molecule has 1 aliphatic heterocycles. The van der Waals surface area contributed by atoms with Crippen molar-refractivity contribution in [3.05, 3.63) is 59.7 Å². The SMILES string of the molecule is CCCCOc1ccc(/C=N\N2C(=O)N[C@@](C)(c3ccccc3)C2=O)cc1OCC. The summed E-state index contributed by atoms with van der Waals surface area (Å²) < 4.78 is 11.4. The Morgan fingerprint density at radius 2 is 1.83 bits per heavy atom. The Hall–Kier alpha value is -3.35. The summed E-state index contributed by atoms with van der Waals surface area (Å²) in [6.45, 7) is 6.78. The first-order valence-electron chi connectivity index (χ1n) is 10.2. The van der Waals surface area contributed by atoms with E-state index in [0.29, 0.717) is 35.8 Å². The van der Waals surface area contributed by atoms with E-state index in [-0.39, 0.29) is 0 Å². The zero-order chi connectivity index (χ0) is 21.6. The number of nitrogens with zero attached hydrogens (tertiary/aromatic N) is 2.